The van der Waals surface area contributed by atoms with Crippen molar-refractivity contribution in [2.24, 2.45) is 4.99 Å². The lowest BCUT2D eigenvalue weighted by Gasteiger charge is -2.32. The summed E-state index contributed by atoms with van der Waals surface area (Å²) in [6, 6.07) is 11.9. The van der Waals surface area contributed by atoms with Gasteiger partial charge in [0.15, 0.2) is 5.17 Å². The van der Waals surface area contributed by atoms with Crippen molar-refractivity contribution in [1.29, 1.82) is 0 Å². The van der Waals surface area contributed by atoms with Crippen molar-refractivity contribution in [1.82, 2.24) is 4.90 Å². The zero-order chi connectivity index (χ0) is 11.9. The van der Waals surface area contributed by atoms with Crippen LogP contribution in [0.2, 0.25) is 0 Å². The van der Waals surface area contributed by atoms with E-state index in [1.54, 1.807) is 11.8 Å². The maximum Gasteiger partial charge on any atom is 0.168 e. The summed E-state index contributed by atoms with van der Waals surface area (Å²) in [4.78, 5) is 7.39. The summed E-state index contributed by atoms with van der Waals surface area (Å²) in [6.45, 7) is 0. The molecule has 0 amide bonds. The normalized spacial score (nSPS) is 29.7. The Hall–Kier alpha value is -1.22. The molecule has 1 aliphatic carbocycles. The highest BCUT2D eigenvalue weighted by Crippen LogP contribution is 2.43. The summed E-state index contributed by atoms with van der Waals surface area (Å²) in [5.41, 5.74) is 2.68. The van der Waals surface area contributed by atoms with E-state index in [1.807, 2.05) is 0 Å². The van der Waals surface area contributed by atoms with Gasteiger partial charge in [-0.15, -0.1) is 0 Å². The summed E-state index contributed by atoms with van der Waals surface area (Å²) >= 11 is 1.80. The van der Waals surface area contributed by atoms with Crippen LogP contribution in [0.1, 0.15) is 31.2 Å². The zero-order valence-corrected chi connectivity index (χ0v) is 11.1. The van der Waals surface area contributed by atoms with Crippen LogP contribution < -0.4 is 0 Å². The molecular weight excluding hydrogens is 240 g/mol. The number of aliphatic imine (C=N–C) groups is 1. The van der Waals surface area contributed by atoms with Crippen LogP contribution in [0.4, 0.5) is 0 Å². The first-order valence-corrected chi connectivity index (χ1v) is 7.61. The van der Waals surface area contributed by atoms with Crippen LogP contribution in [-0.2, 0) is 0 Å². The van der Waals surface area contributed by atoms with E-state index in [-0.39, 0.29) is 0 Å². The van der Waals surface area contributed by atoms with Gasteiger partial charge in [-0.05, 0) is 18.4 Å². The van der Waals surface area contributed by atoms with Crippen molar-refractivity contribution >= 4 is 22.6 Å². The fourth-order valence-corrected chi connectivity index (χ4v) is 4.25. The van der Waals surface area contributed by atoms with E-state index in [9.17, 15) is 0 Å². The fourth-order valence-electron chi connectivity index (χ4n) is 3.24. The number of hydrogen-bond donors (Lipinski definition) is 0. The number of nitrogens with zero attached hydrogens (tertiary/aromatic N) is 2. The SMILES string of the molecule is C1=C(c2ccccc2)N2C(=N[C@H]3CCCC[C@H]32)S1. The first-order chi connectivity index (χ1) is 8.93. The van der Waals surface area contributed by atoms with Crippen molar-refractivity contribution in [3.05, 3.63) is 41.3 Å². The van der Waals surface area contributed by atoms with E-state index in [2.05, 4.69) is 40.6 Å². The lowest BCUT2D eigenvalue weighted by molar-refractivity contribution is 0.305. The van der Waals surface area contributed by atoms with Crippen LogP contribution in [0.15, 0.2) is 40.7 Å². The molecule has 0 radical (unpaired) electrons. The first-order valence-electron chi connectivity index (χ1n) is 6.73. The van der Waals surface area contributed by atoms with Gasteiger partial charge in [-0.2, -0.15) is 0 Å². The van der Waals surface area contributed by atoms with Gasteiger partial charge in [0.25, 0.3) is 0 Å². The quantitative estimate of drug-likeness (QED) is 0.761. The van der Waals surface area contributed by atoms with Crippen molar-refractivity contribution in [3.63, 3.8) is 0 Å². The third-order valence-corrected chi connectivity index (χ3v) is 4.97. The summed E-state index contributed by atoms with van der Waals surface area (Å²) in [7, 11) is 0. The third-order valence-electron chi connectivity index (χ3n) is 4.11. The Bertz CT molecular complexity index is 521. The van der Waals surface area contributed by atoms with E-state index >= 15 is 0 Å². The molecule has 2 nitrogen and oxygen atoms in total. The number of benzene rings is 1. The largest absolute Gasteiger partial charge is 0.315 e. The smallest absolute Gasteiger partial charge is 0.168 e. The Morgan fingerprint density at radius 3 is 2.83 bits per heavy atom. The molecule has 0 aromatic heterocycles. The van der Waals surface area contributed by atoms with Crippen LogP contribution >= 0.6 is 11.8 Å². The molecule has 0 unspecified atom stereocenters. The first kappa shape index (κ1) is 10.7. The maximum absolute atomic E-state index is 4.90. The van der Waals surface area contributed by atoms with Gasteiger partial charge in [0.1, 0.15) is 0 Å². The lowest BCUT2D eigenvalue weighted by Crippen LogP contribution is -2.37. The zero-order valence-electron chi connectivity index (χ0n) is 10.2. The van der Waals surface area contributed by atoms with Crippen LogP contribution in [0.25, 0.3) is 5.70 Å². The molecule has 92 valence electrons. The topological polar surface area (TPSA) is 15.6 Å². The fraction of sp³-hybridized carbons (Fsp3) is 0.400. The van der Waals surface area contributed by atoms with Crippen LogP contribution in [0.5, 0.6) is 0 Å². The second kappa shape index (κ2) is 4.16. The minimum Gasteiger partial charge on any atom is -0.315 e. The summed E-state index contributed by atoms with van der Waals surface area (Å²) < 4.78 is 0. The van der Waals surface area contributed by atoms with Crippen LogP contribution in [0.3, 0.4) is 0 Å². The molecule has 3 aliphatic rings. The molecule has 1 fully saturated rings. The van der Waals surface area contributed by atoms with Crippen LogP contribution in [0, 0.1) is 0 Å². The molecule has 0 bridgehead atoms. The lowest BCUT2D eigenvalue weighted by atomic mass is 9.90. The van der Waals surface area contributed by atoms with Gasteiger partial charge in [0.05, 0.1) is 17.8 Å². The van der Waals surface area contributed by atoms with E-state index in [0.717, 1.165) is 0 Å². The number of amidine groups is 1. The van der Waals surface area contributed by atoms with Gasteiger partial charge >= 0.3 is 0 Å². The standard InChI is InChI=1S/C15H16N2S/c1-2-6-11(7-3-1)14-10-18-15-16-12-8-4-5-9-13(12)17(14)15/h1-3,6-7,10,12-13H,4-5,8-9H2/t12-,13+/m0/s1. The second-order valence-corrected chi connectivity index (χ2v) is 6.02. The van der Waals surface area contributed by atoms with Crippen molar-refractivity contribution in [3.8, 4) is 0 Å². The van der Waals surface area contributed by atoms with Gasteiger partial charge in [-0.3, -0.25) is 4.99 Å². The Kier molecular flexibility index (Phi) is 2.47. The average Bonchev–Trinajstić information content (AvgIpc) is 2.98. The van der Waals surface area contributed by atoms with Gasteiger partial charge < -0.3 is 4.90 Å². The van der Waals surface area contributed by atoms with Crippen molar-refractivity contribution < 1.29 is 0 Å². The molecule has 0 spiro atoms. The average molecular weight is 256 g/mol. The Morgan fingerprint density at radius 2 is 1.94 bits per heavy atom. The number of fused-ring (bicyclic) bond motifs is 3. The van der Waals surface area contributed by atoms with Gasteiger partial charge in [0.2, 0.25) is 0 Å². The molecule has 0 N–H and O–H groups in total. The highest BCUT2D eigenvalue weighted by atomic mass is 32.2. The Morgan fingerprint density at radius 1 is 1.11 bits per heavy atom. The summed E-state index contributed by atoms with van der Waals surface area (Å²) in [6.07, 6.45) is 5.27. The van der Waals surface area contributed by atoms with E-state index in [1.165, 1.54) is 42.1 Å². The third kappa shape index (κ3) is 1.53. The predicted molar refractivity (Wildman–Crippen MR) is 77.3 cm³/mol. The van der Waals surface area contributed by atoms with Crippen molar-refractivity contribution in [2.45, 2.75) is 37.8 Å². The Balaban J connectivity index is 1.70. The maximum atomic E-state index is 4.90. The van der Waals surface area contributed by atoms with E-state index in [4.69, 9.17) is 4.99 Å². The molecule has 1 aromatic rings. The Labute approximate surface area is 112 Å². The van der Waals surface area contributed by atoms with Crippen molar-refractivity contribution in [2.75, 3.05) is 0 Å². The molecule has 1 saturated carbocycles. The van der Waals surface area contributed by atoms with E-state index < -0.39 is 0 Å². The van der Waals surface area contributed by atoms with Gasteiger partial charge in [-0.25, -0.2) is 0 Å². The molecule has 0 saturated heterocycles. The summed E-state index contributed by atoms with van der Waals surface area (Å²) in [5.74, 6) is 0. The monoisotopic (exact) mass is 256 g/mol. The van der Waals surface area contributed by atoms with Gasteiger partial charge in [0, 0.05) is 5.41 Å². The molecule has 2 heterocycles. The molecule has 1 aromatic carbocycles. The molecule has 4 rings (SSSR count). The minimum atomic E-state index is 0.550. The number of rotatable bonds is 1. The number of thioether (sulfide) groups is 1. The molecule has 2 atom stereocenters. The van der Waals surface area contributed by atoms with Gasteiger partial charge in [-0.1, -0.05) is 54.9 Å². The van der Waals surface area contributed by atoms with E-state index in [0.29, 0.717) is 12.1 Å². The van der Waals surface area contributed by atoms with Crippen LogP contribution in [-0.4, -0.2) is 22.2 Å². The molecule has 2 aliphatic heterocycles. The molecule has 3 heteroatoms. The number of hydrogen-bond acceptors (Lipinski definition) is 3. The highest BCUT2D eigenvalue weighted by molar-refractivity contribution is 8.16. The molecular formula is C15H16N2S. The second-order valence-electron chi connectivity index (χ2n) is 5.19. The highest BCUT2D eigenvalue weighted by Gasteiger charge is 2.41. The minimum absolute atomic E-state index is 0.550. The molecule has 18 heavy (non-hydrogen) atoms. The predicted octanol–water partition coefficient (Wildman–Crippen LogP) is 3.71. The summed E-state index contributed by atoms with van der Waals surface area (Å²) in [5, 5.41) is 3.49.